The molecule has 6 heteroatoms. The summed E-state index contributed by atoms with van der Waals surface area (Å²) in [5, 5.41) is 2.93. The van der Waals surface area contributed by atoms with E-state index in [1.54, 1.807) is 11.8 Å². The number of carbonyl (C=O) groups is 2. The number of thioether (sulfide) groups is 1. The van der Waals surface area contributed by atoms with Crippen LogP contribution in [0.5, 0.6) is 0 Å². The molecule has 5 nitrogen and oxygen atoms in total. The van der Waals surface area contributed by atoms with Gasteiger partial charge in [0, 0.05) is 37.5 Å². The quantitative estimate of drug-likeness (QED) is 0.547. The van der Waals surface area contributed by atoms with Gasteiger partial charge in [-0.25, -0.2) is 0 Å². The Balaban J connectivity index is 1.61. The van der Waals surface area contributed by atoms with Gasteiger partial charge in [0.15, 0.2) is 0 Å². The van der Waals surface area contributed by atoms with E-state index >= 15 is 0 Å². The van der Waals surface area contributed by atoms with Crippen LogP contribution < -0.4 is 5.32 Å². The number of hydrogen-bond donors (Lipinski definition) is 1. The van der Waals surface area contributed by atoms with Gasteiger partial charge in [-0.2, -0.15) is 0 Å². The van der Waals surface area contributed by atoms with Gasteiger partial charge in [0.25, 0.3) is 0 Å². The molecule has 1 heterocycles. The largest absolute Gasteiger partial charge is 0.355 e. The molecule has 1 aliphatic heterocycles. The Kier molecular flexibility index (Phi) is 7.59. The Morgan fingerprint density at radius 2 is 2.08 bits per heavy atom. The van der Waals surface area contributed by atoms with Gasteiger partial charge < -0.3 is 10.2 Å². The zero-order valence-electron chi connectivity index (χ0n) is 14.6. The molecule has 0 unspecified atom stereocenters. The lowest BCUT2D eigenvalue weighted by Crippen LogP contribution is -2.36. The topological polar surface area (TPSA) is 52.7 Å². The highest BCUT2D eigenvalue weighted by Gasteiger charge is 2.19. The van der Waals surface area contributed by atoms with Gasteiger partial charge in [0.2, 0.25) is 11.8 Å². The lowest BCUT2D eigenvalue weighted by atomic mass is 10.2. The molecule has 2 rings (SSSR count). The van der Waals surface area contributed by atoms with Crippen LogP contribution in [-0.4, -0.2) is 61.1 Å². The number of likely N-dealkylation sites (N-methyl/N-ethyl adjacent to an activating group) is 1. The van der Waals surface area contributed by atoms with Crippen molar-refractivity contribution in [3.63, 3.8) is 0 Å². The van der Waals surface area contributed by atoms with Gasteiger partial charge in [0.1, 0.15) is 0 Å². The number of hydrogen-bond acceptors (Lipinski definition) is 4. The van der Waals surface area contributed by atoms with E-state index < -0.39 is 0 Å². The zero-order valence-corrected chi connectivity index (χ0v) is 15.4. The Labute approximate surface area is 148 Å². The van der Waals surface area contributed by atoms with Crippen molar-refractivity contribution in [2.75, 3.05) is 39.5 Å². The fourth-order valence-corrected chi connectivity index (χ4v) is 3.25. The van der Waals surface area contributed by atoms with Gasteiger partial charge in [0.05, 0.1) is 6.54 Å². The van der Waals surface area contributed by atoms with E-state index in [0.29, 0.717) is 19.5 Å². The maximum Gasteiger partial charge on any atom is 0.234 e. The maximum absolute atomic E-state index is 12.0. The molecule has 24 heavy (non-hydrogen) atoms. The molecule has 1 saturated heterocycles. The van der Waals surface area contributed by atoms with Gasteiger partial charge >= 0.3 is 0 Å². The van der Waals surface area contributed by atoms with Crippen molar-refractivity contribution in [3.05, 3.63) is 29.8 Å². The smallest absolute Gasteiger partial charge is 0.234 e. The minimum absolute atomic E-state index is 0.0333. The highest BCUT2D eigenvalue weighted by atomic mass is 32.2. The summed E-state index contributed by atoms with van der Waals surface area (Å²) in [7, 11) is 1.95. The number of amides is 2. The summed E-state index contributed by atoms with van der Waals surface area (Å²) in [5.41, 5.74) is 1.20. The Bertz CT molecular complexity index is 548. The minimum Gasteiger partial charge on any atom is -0.355 e. The number of nitrogens with zero attached hydrogens (tertiary/aromatic N) is 2. The first-order valence-electron chi connectivity index (χ1n) is 8.44. The molecule has 0 spiro atoms. The highest BCUT2D eigenvalue weighted by Crippen LogP contribution is 2.15. The molecule has 1 aliphatic rings. The normalized spacial score (nSPS) is 14.5. The second-order valence-electron chi connectivity index (χ2n) is 6.21. The van der Waals surface area contributed by atoms with E-state index in [1.165, 1.54) is 10.5 Å². The molecule has 1 aromatic rings. The monoisotopic (exact) mass is 349 g/mol. The second kappa shape index (κ2) is 9.69. The van der Waals surface area contributed by atoms with Crippen molar-refractivity contribution in [2.24, 2.45) is 0 Å². The van der Waals surface area contributed by atoms with Crippen LogP contribution >= 0.6 is 11.8 Å². The summed E-state index contributed by atoms with van der Waals surface area (Å²) < 4.78 is 0. The van der Waals surface area contributed by atoms with Gasteiger partial charge in [-0.05, 0) is 43.8 Å². The van der Waals surface area contributed by atoms with Crippen LogP contribution in [0.1, 0.15) is 24.8 Å². The summed E-state index contributed by atoms with van der Waals surface area (Å²) >= 11 is 1.73. The van der Waals surface area contributed by atoms with Crippen molar-refractivity contribution >= 4 is 23.6 Å². The van der Waals surface area contributed by atoms with E-state index in [9.17, 15) is 9.59 Å². The first-order valence-corrected chi connectivity index (χ1v) is 9.67. The molecule has 1 N–H and O–H groups in total. The van der Waals surface area contributed by atoms with E-state index in [1.807, 2.05) is 16.8 Å². The molecule has 0 saturated carbocycles. The molecule has 0 atom stereocenters. The van der Waals surface area contributed by atoms with Gasteiger partial charge in [-0.15, -0.1) is 11.8 Å². The third-order valence-corrected chi connectivity index (χ3v) is 4.87. The predicted octanol–water partition coefficient (Wildman–Crippen LogP) is 1.97. The van der Waals surface area contributed by atoms with E-state index in [-0.39, 0.29) is 11.8 Å². The van der Waals surface area contributed by atoms with Crippen LogP contribution in [0.15, 0.2) is 29.2 Å². The van der Waals surface area contributed by atoms with E-state index in [0.717, 1.165) is 32.5 Å². The van der Waals surface area contributed by atoms with Crippen LogP contribution in [0, 0.1) is 0 Å². The summed E-state index contributed by atoms with van der Waals surface area (Å²) in [6, 6.07) is 8.42. The molecule has 1 fully saturated rings. The molecule has 132 valence electrons. The summed E-state index contributed by atoms with van der Waals surface area (Å²) in [6.07, 6.45) is 4.52. The van der Waals surface area contributed by atoms with Gasteiger partial charge in [-0.1, -0.05) is 12.1 Å². The van der Waals surface area contributed by atoms with Crippen LogP contribution in [0.25, 0.3) is 0 Å². The SMILES string of the molecule is CSc1ccc(CN(C)CC(=O)NCCCN2CCCC2=O)cc1. The fourth-order valence-electron chi connectivity index (χ4n) is 2.84. The van der Waals surface area contributed by atoms with E-state index in [4.69, 9.17) is 0 Å². The van der Waals surface area contributed by atoms with Crippen molar-refractivity contribution in [1.29, 1.82) is 0 Å². The van der Waals surface area contributed by atoms with Crippen LogP contribution in [0.2, 0.25) is 0 Å². The molecule has 0 aromatic heterocycles. The highest BCUT2D eigenvalue weighted by molar-refractivity contribution is 7.98. The third kappa shape index (κ3) is 6.17. The van der Waals surface area contributed by atoms with Crippen molar-refractivity contribution in [2.45, 2.75) is 30.7 Å². The van der Waals surface area contributed by atoms with Crippen molar-refractivity contribution < 1.29 is 9.59 Å². The minimum atomic E-state index is 0.0333. The van der Waals surface area contributed by atoms with Gasteiger partial charge in [-0.3, -0.25) is 14.5 Å². The number of carbonyl (C=O) groups excluding carboxylic acids is 2. The predicted molar refractivity (Wildman–Crippen MR) is 98.0 cm³/mol. The third-order valence-electron chi connectivity index (χ3n) is 4.12. The summed E-state index contributed by atoms with van der Waals surface area (Å²) in [6.45, 7) is 3.37. The summed E-state index contributed by atoms with van der Waals surface area (Å²) in [5.74, 6) is 0.277. The standard InChI is InChI=1S/C18H27N3O2S/c1-20(13-15-6-8-16(24-2)9-7-15)14-17(22)19-10-4-12-21-11-3-5-18(21)23/h6-9H,3-5,10-14H2,1-2H3,(H,19,22). The summed E-state index contributed by atoms with van der Waals surface area (Å²) in [4.78, 5) is 28.6. The molecular weight excluding hydrogens is 322 g/mol. The maximum atomic E-state index is 12.0. The molecular formula is C18H27N3O2S. The average molecular weight is 350 g/mol. The van der Waals surface area contributed by atoms with E-state index in [2.05, 4.69) is 35.8 Å². The van der Waals surface area contributed by atoms with Crippen molar-refractivity contribution in [3.8, 4) is 0 Å². The van der Waals surface area contributed by atoms with Crippen LogP contribution in [0.4, 0.5) is 0 Å². The number of likely N-dealkylation sites (tertiary alicyclic amines) is 1. The first kappa shape index (κ1) is 18.8. The fraction of sp³-hybridized carbons (Fsp3) is 0.556. The molecule has 0 aliphatic carbocycles. The molecule has 0 radical (unpaired) electrons. The lowest BCUT2D eigenvalue weighted by Gasteiger charge is -2.18. The van der Waals surface area contributed by atoms with Crippen molar-refractivity contribution in [1.82, 2.24) is 15.1 Å². The second-order valence-corrected chi connectivity index (χ2v) is 7.09. The Morgan fingerprint density at radius 1 is 1.33 bits per heavy atom. The van der Waals surface area contributed by atoms with Crippen LogP contribution in [0.3, 0.4) is 0 Å². The zero-order chi connectivity index (χ0) is 17.4. The Hall–Kier alpha value is -1.53. The Morgan fingerprint density at radius 3 is 2.71 bits per heavy atom. The average Bonchev–Trinajstić information content (AvgIpc) is 2.97. The first-order chi connectivity index (χ1) is 11.6. The number of rotatable bonds is 9. The molecule has 1 aromatic carbocycles. The number of benzene rings is 1. The van der Waals surface area contributed by atoms with Crippen LogP contribution in [-0.2, 0) is 16.1 Å². The lowest BCUT2D eigenvalue weighted by molar-refractivity contribution is -0.127. The number of nitrogens with one attached hydrogen (secondary N) is 1. The molecule has 0 bridgehead atoms. The molecule has 2 amide bonds.